The van der Waals surface area contributed by atoms with E-state index in [4.69, 9.17) is 21.7 Å². The van der Waals surface area contributed by atoms with Crippen LogP contribution in [0.1, 0.15) is 11.4 Å². The summed E-state index contributed by atoms with van der Waals surface area (Å²) in [5.74, 6) is 1.04. The van der Waals surface area contributed by atoms with Gasteiger partial charge in [-0.2, -0.15) is 5.21 Å². The molecule has 11 heteroatoms. The van der Waals surface area contributed by atoms with E-state index in [0.29, 0.717) is 21.7 Å². The molecule has 0 radical (unpaired) electrons. The number of tetrazole rings is 1. The summed E-state index contributed by atoms with van der Waals surface area (Å²) in [6, 6.07) is 20.7. The molecule has 0 bridgehead atoms. The molecule has 0 spiro atoms. The molecule has 2 aliphatic heterocycles. The number of aromatic amines is 1. The average molecular weight is 559 g/mol. The number of hydrogen-bond acceptors (Lipinski definition) is 9. The van der Waals surface area contributed by atoms with E-state index in [1.54, 1.807) is 0 Å². The minimum Gasteiger partial charge on any atom is -0.492 e. The molecule has 0 atom stereocenters. The summed E-state index contributed by atoms with van der Waals surface area (Å²) in [5.41, 5.74) is 2.91. The molecule has 0 unspecified atom stereocenters. The van der Waals surface area contributed by atoms with E-state index < -0.39 is 0 Å². The average Bonchev–Trinajstić information content (AvgIpc) is 3.58. The number of nitrogens with zero attached hydrogens (tertiary/aromatic N) is 5. The summed E-state index contributed by atoms with van der Waals surface area (Å²) in [6.45, 7) is 4.96. The maximum atomic E-state index is 13.1. The number of thiocarbonyl (C=S) groups is 1. The number of morpholine rings is 1. The van der Waals surface area contributed by atoms with Crippen molar-refractivity contribution in [3.05, 3.63) is 77.0 Å². The fraction of sp³-hybridized carbons (Fsp3) is 0.250. The molecule has 4 aromatic rings. The minimum absolute atomic E-state index is 0.173. The van der Waals surface area contributed by atoms with Crippen molar-refractivity contribution in [3.8, 4) is 16.9 Å². The Balaban J connectivity index is 1.28. The first kappa shape index (κ1) is 25.6. The zero-order chi connectivity index (χ0) is 26.6. The number of carbonyl (C=O) groups excluding carboxylic acids is 1. The van der Waals surface area contributed by atoms with Gasteiger partial charge in [0.2, 0.25) is 0 Å². The Labute approximate surface area is 235 Å². The molecule has 39 heavy (non-hydrogen) atoms. The number of hydrogen-bond donors (Lipinski definition) is 1. The maximum Gasteiger partial charge on any atom is 0.266 e. The summed E-state index contributed by atoms with van der Waals surface area (Å²) < 4.78 is 12.2. The molecule has 198 valence electrons. The van der Waals surface area contributed by atoms with Gasteiger partial charge in [0.1, 0.15) is 16.7 Å². The van der Waals surface area contributed by atoms with Crippen LogP contribution in [0.2, 0.25) is 0 Å². The molecule has 2 saturated heterocycles. The summed E-state index contributed by atoms with van der Waals surface area (Å²) in [7, 11) is 0. The third-order valence-corrected chi connectivity index (χ3v) is 8.07. The molecule has 2 aliphatic rings. The van der Waals surface area contributed by atoms with Crippen LogP contribution in [0, 0.1) is 0 Å². The first-order valence-electron chi connectivity index (χ1n) is 12.7. The lowest BCUT2D eigenvalue weighted by atomic mass is 9.98. The Bertz CT molecular complexity index is 1540. The maximum absolute atomic E-state index is 13.1. The second-order valence-corrected chi connectivity index (χ2v) is 10.9. The van der Waals surface area contributed by atoms with Gasteiger partial charge in [0.15, 0.2) is 5.82 Å². The van der Waals surface area contributed by atoms with Gasteiger partial charge in [-0.05, 0) is 46.2 Å². The zero-order valence-corrected chi connectivity index (χ0v) is 22.7. The van der Waals surface area contributed by atoms with Crippen LogP contribution in [-0.4, -0.2) is 80.1 Å². The SMILES string of the molecule is O=C1/C(=C/c2ccc(OCCN3CCOCC3)c(-c3ccc4ccccc4c3)c2)SC(=S)N1Cc1nn[nH]n1. The number of benzene rings is 3. The van der Waals surface area contributed by atoms with Crippen LogP contribution in [0.15, 0.2) is 65.6 Å². The minimum atomic E-state index is -0.173. The third kappa shape index (κ3) is 5.86. The molecule has 9 nitrogen and oxygen atoms in total. The van der Waals surface area contributed by atoms with Gasteiger partial charge in [0, 0.05) is 25.2 Å². The molecule has 0 aliphatic carbocycles. The Morgan fingerprint density at radius 1 is 1.08 bits per heavy atom. The second-order valence-electron chi connectivity index (χ2n) is 9.22. The van der Waals surface area contributed by atoms with E-state index in [1.165, 1.54) is 22.0 Å². The largest absolute Gasteiger partial charge is 0.492 e. The van der Waals surface area contributed by atoms with Gasteiger partial charge in [-0.25, -0.2) is 0 Å². The van der Waals surface area contributed by atoms with E-state index >= 15 is 0 Å². The van der Waals surface area contributed by atoms with Crippen LogP contribution in [0.5, 0.6) is 5.75 Å². The number of thioether (sulfide) groups is 1. The van der Waals surface area contributed by atoms with Crippen LogP contribution in [-0.2, 0) is 16.1 Å². The lowest BCUT2D eigenvalue weighted by Crippen LogP contribution is -2.38. The highest BCUT2D eigenvalue weighted by Gasteiger charge is 2.33. The Morgan fingerprint density at radius 2 is 1.92 bits per heavy atom. The fourth-order valence-corrected chi connectivity index (χ4v) is 5.89. The molecule has 1 aromatic heterocycles. The summed E-state index contributed by atoms with van der Waals surface area (Å²) in [6.07, 6.45) is 1.87. The quantitative estimate of drug-likeness (QED) is 0.253. The van der Waals surface area contributed by atoms with Gasteiger partial charge in [-0.15, -0.1) is 10.2 Å². The smallest absolute Gasteiger partial charge is 0.266 e. The van der Waals surface area contributed by atoms with Gasteiger partial charge < -0.3 is 9.47 Å². The van der Waals surface area contributed by atoms with E-state index in [0.717, 1.165) is 60.7 Å². The predicted molar refractivity (Wildman–Crippen MR) is 155 cm³/mol. The van der Waals surface area contributed by atoms with Crippen molar-refractivity contribution in [2.24, 2.45) is 0 Å². The van der Waals surface area contributed by atoms with Crippen LogP contribution in [0.4, 0.5) is 0 Å². The van der Waals surface area contributed by atoms with Crippen molar-refractivity contribution in [2.45, 2.75) is 6.54 Å². The van der Waals surface area contributed by atoms with E-state index in [-0.39, 0.29) is 12.5 Å². The number of rotatable bonds is 8. The number of nitrogens with one attached hydrogen (secondary N) is 1. The van der Waals surface area contributed by atoms with Gasteiger partial charge in [0.05, 0.1) is 24.7 Å². The molecule has 3 heterocycles. The first-order valence-corrected chi connectivity index (χ1v) is 13.9. The van der Waals surface area contributed by atoms with Gasteiger partial charge in [0.25, 0.3) is 5.91 Å². The Hall–Kier alpha value is -3.64. The van der Waals surface area contributed by atoms with Crippen LogP contribution < -0.4 is 4.74 Å². The number of carbonyl (C=O) groups is 1. The highest BCUT2D eigenvalue weighted by atomic mass is 32.2. The first-order chi connectivity index (χ1) is 19.1. The molecule has 3 aromatic carbocycles. The zero-order valence-electron chi connectivity index (χ0n) is 21.1. The normalized spacial score (nSPS) is 17.4. The van der Waals surface area contributed by atoms with E-state index in [1.807, 2.05) is 30.3 Å². The molecular formula is C28H26N6O3S2. The number of aromatic nitrogens is 4. The third-order valence-electron chi connectivity index (χ3n) is 6.69. The summed E-state index contributed by atoms with van der Waals surface area (Å²) in [5, 5.41) is 16.2. The van der Waals surface area contributed by atoms with Crippen molar-refractivity contribution in [1.82, 2.24) is 30.4 Å². The lowest BCUT2D eigenvalue weighted by Gasteiger charge is -2.26. The van der Waals surface area contributed by atoms with Crippen LogP contribution in [0.25, 0.3) is 28.0 Å². The highest BCUT2D eigenvalue weighted by molar-refractivity contribution is 8.26. The van der Waals surface area contributed by atoms with E-state index in [2.05, 4.69) is 61.9 Å². The number of fused-ring (bicyclic) bond motifs is 1. The highest BCUT2D eigenvalue weighted by Crippen LogP contribution is 2.37. The van der Waals surface area contributed by atoms with Crippen molar-refractivity contribution in [3.63, 3.8) is 0 Å². The molecule has 1 amide bonds. The summed E-state index contributed by atoms with van der Waals surface area (Å²) in [4.78, 5) is 17.5. The number of ether oxygens (including phenoxy) is 2. The van der Waals surface area contributed by atoms with Crippen LogP contribution in [0.3, 0.4) is 0 Å². The van der Waals surface area contributed by atoms with Crippen molar-refractivity contribution < 1.29 is 14.3 Å². The predicted octanol–water partition coefficient (Wildman–Crippen LogP) is 4.13. The fourth-order valence-electron chi connectivity index (χ4n) is 4.63. The molecule has 0 saturated carbocycles. The van der Waals surface area contributed by atoms with E-state index in [9.17, 15) is 4.79 Å². The molecular weight excluding hydrogens is 532 g/mol. The Kier molecular flexibility index (Phi) is 7.64. The number of amides is 1. The lowest BCUT2D eigenvalue weighted by molar-refractivity contribution is -0.122. The van der Waals surface area contributed by atoms with Crippen LogP contribution >= 0.6 is 24.0 Å². The Morgan fingerprint density at radius 3 is 2.74 bits per heavy atom. The molecule has 1 N–H and O–H groups in total. The van der Waals surface area contributed by atoms with Crippen molar-refractivity contribution in [1.29, 1.82) is 0 Å². The van der Waals surface area contributed by atoms with Gasteiger partial charge in [-0.3, -0.25) is 14.6 Å². The van der Waals surface area contributed by atoms with Gasteiger partial charge >= 0.3 is 0 Å². The second kappa shape index (κ2) is 11.6. The monoisotopic (exact) mass is 558 g/mol. The topological polar surface area (TPSA) is 96.5 Å². The standard InChI is InChI=1S/C28H26N6O3S2/c35-27-25(39-28(38)34(27)18-26-29-31-32-30-26)16-19-5-8-24(37-14-11-33-9-12-36-13-10-33)23(15-19)22-7-6-20-3-1-2-4-21(20)17-22/h1-8,15-17H,9-14,18H2,(H,29,30,31,32)/b25-16-. The van der Waals surface area contributed by atoms with Gasteiger partial charge in [-0.1, -0.05) is 71.7 Å². The molecule has 6 rings (SSSR count). The molecule has 2 fully saturated rings. The van der Waals surface area contributed by atoms with Crippen molar-refractivity contribution in [2.75, 3.05) is 39.5 Å². The number of H-pyrrole nitrogens is 1. The van der Waals surface area contributed by atoms with Crippen molar-refractivity contribution >= 4 is 51.1 Å². The summed E-state index contributed by atoms with van der Waals surface area (Å²) >= 11 is 6.73.